The van der Waals surface area contributed by atoms with E-state index in [9.17, 15) is 8.78 Å². The molecule has 0 fully saturated rings. The van der Waals surface area contributed by atoms with Crippen LogP contribution in [0.2, 0.25) is 0 Å². The van der Waals surface area contributed by atoms with E-state index in [1.807, 2.05) is 36.7 Å². The molecule has 6 heteroatoms. The number of aromatic nitrogens is 3. The molecule has 0 saturated heterocycles. The largest absolute Gasteiger partial charge is 0.342 e. The van der Waals surface area contributed by atoms with E-state index in [0.717, 1.165) is 68.2 Å². The monoisotopic (exact) mass is 488 g/mol. The fourth-order valence-corrected chi connectivity index (χ4v) is 4.68. The molecule has 2 heterocycles. The molecular formula is C30H34F2N4. The number of unbranched alkanes of at least 4 members (excludes halogenated alkanes) is 1. The Morgan fingerprint density at radius 1 is 1.03 bits per heavy atom. The van der Waals surface area contributed by atoms with Crippen LogP contribution in [0.15, 0.2) is 73.6 Å². The smallest absolute Gasteiger partial charge is 0.270 e. The number of alkyl halides is 2. The summed E-state index contributed by atoms with van der Waals surface area (Å²) in [5.74, 6) is -2.09. The number of aryl methyl sites for hydroxylation is 1. The molecule has 0 N–H and O–H groups in total. The van der Waals surface area contributed by atoms with Gasteiger partial charge >= 0.3 is 0 Å². The summed E-state index contributed by atoms with van der Waals surface area (Å²) in [5, 5.41) is 0. The van der Waals surface area contributed by atoms with Crippen molar-refractivity contribution in [3.8, 4) is 0 Å². The highest BCUT2D eigenvalue weighted by Crippen LogP contribution is 2.32. The van der Waals surface area contributed by atoms with Gasteiger partial charge in [0.1, 0.15) is 0 Å². The van der Waals surface area contributed by atoms with Gasteiger partial charge in [-0.05, 0) is 66.6 Å². The summed E-state index contributed by atoms with van der Waals surface area (Å²) in [6.07, 6.45) is 9.49. The van der Waals surface area contributed by atoms with E-state index in [4.69, 9.17) is 4.98 Å². The first-order valence-electron chi connectivity index (χ1n) is 12.6. The summed E-state index contributed by atoms with van der Waals surface area (Å²) in [7, 11) is 0. The zero-order chi connectivity index (χ0) is 25.5. The van der Waals surface area contributed by atoms with Crippen molar-refractivity contribution in [1.29, 1.82) is 0 Å². The van der Waals surface area contributed by atoms with Gasteiger partial charge in [-0.15, -0.1) is 0 Å². The van der Waals surface area contributed by atoms with Crippen molar-refractivity contribution in [2.75, 3.05) is 18.0 Å². The van der Waals surface area contributed by atoms with Gasteiger partial charge in [0.25, 0.3) is 5.92 Å². The van der Waals surface area contributed by atoms with Crippen LogP contribution in [0.1, 0.15) is 55.4 Å². The summed E-state index contributed by atoms with van der Waals surface area (Å²) in [5.41, 5.74) is 4.71. The molecule has 0 bridgehead atoms. The fraction of sp³-hybridized carbons (Fsp3) is 0.333. The number of anilines is 1. The van der Waals surface area contributed by atoms with Gasteiger partial charge in [0.05, 0.1) is 17.6 Å². The van der Waals surface area contributed by atoms with E-state index in [-0.39, 0.29) is 5.56 Å². The van der Waals surface area contributed by atoms with Gasteiger partial charge in [0.2, 0.25) is 5.95 Å². The lowest BCUT2D eigenvalue weighted by atomic mass is 10.0. The Morgan fingerprint density at radius 2 is 1.81 bits per heavy atom. The van der Waals surface area contributed by atoms with E-state index in [1.165, 1.54) is 11.6 Å². The molecule has 0 aliphatic rings. The summed E-state index contributed by atoms with van der Waals surface area (Å²) in [4.78, 5) is 11.4. The van der Waals surface area contributed by atoms with Crippen molar-refractivity contribution in [2.45, 2.75) is 52.0 Å². The number of pyridine rings is 1. The van der Waals surface area contributed by atoms with Crippen molar-refractivity contribution in [3.63, 3.8) is 0 Å². The van der Waals surface area contributed by atoms with Crippen LogP contribution in [-0.4, -0.2) is 27.6 Å². The maximum Gasteiger partial charge on any atom is 0.270 e. The van der Waals surface area contributed by atoms with Gasteiger partial charge in [-0.1, -0.05) is 49.9 Å². The lowest BCUT2D eigenvalue weighted by Gasteiger charge is -2.25. The molecule has 2 aromatic carbocycles. The van der Waals surface area contributed by atoms with E-state index < -0.39 is 5.92 Å². The van der Waals surface area contributed by atoms with Gasteiger partial charge in [-0.25, -0.2) is 13.8 Å². The lowest BCUT2D eigenvalue weighted by molar-refractivity contribution is 0.0165. The molecule has 0 unspecified atom stereocenters. The van der Waals surface area contributed by atoms with Crippen LogP contribution in [0.25, 0.3) is 17.1 Å². The topological polar surface area (TPSA) is 34.0 Å². The van der Waals surface area contributed by atoms with Gasteiger partial charge in [-0.3, -0.25) is 4.98 Å². The number of hydrogen-bond acceptors (Lipinski definition) is 3. The van der Waals surface area contributed by atoms with Crippen LogP contribution in [-0.2, 0) is 18.9 Å². The average molecular weight is 489 g/mol. The van der Waals surface area contributed by atoms with Crippen LogP contribution in [0.4, 0.5) is 14.7 Å². The molecule has 36 heavy (non-hydrogen) atoms. The minimum atomic E-state index is -2.92. The molecular weight excluding hydrogens is 454 g/mol. The Bertz CT molecular complexity index is 1290. The van der Waals surface area contributed by atoms with Crippen molar-refractivity contribution in [2.24, 2.45) is 0 Å². The summed E-state index contributed by atoms with van der Waals surface area (Å²) >= 11 is 0. The Labute approximate surface area is 212 Å². The zero-order valence-electron chi connectivity index (χ0n) is 21.1. The van der Waals surface area contributed by atoms with E-state index in [1.54, 1.807) is 18.2 Å². The Kier molecular flexibility index (Phi) is 8.14. The third-order valence-electron chi connectivity index (χ3n) is 6.48. The quantitative estimate of drug-likeness (QED) is 0.194. The van der Waals surface area contributed by atoms with Crippen LogP contribution >= 0.6 is 0 Å². The maximum absolute atomic E-state index is 14.4. The second-order valence-electron chi connectivity index (χ2n) is 9.30. The Morgan fingerprint density at radius 3 is 2.53 bits per heavy atom. The molecule has 4 nitrogen and oxygen atoms in total. The molecule has 4 aromatic rings. The van der Waals surface area contributed by atoms with Gasteiger partial charge in [0.15, 0.2) is 0 Å². The second-order valence-corrected chi connectivity index (χ2v) is 9.30. The Balaban J connectivity index is 1.67. The standard InChI is InChI=1S/C30H34F2N4/c1-4-19-35(20-9-8-10-24-15-17-33-18-16-24)29-34-27-21-23(5-2)13-14-28(27)36(29)22-25-11-6-7-12-26(25)30(3,31)32/h5-7,11-18,21H,2,4,8-10,19-20,22H2,1,3H3. The third kappa shape index (κ3) is 5.99. The number of fused-ring (bicyclic) bond motifs is 1. The van der Waals surface area contributed by atoms with Gasteiger partial charge in [0, 0.05) is 38.0 Å². The number of halogens is 2. The minimum absolute atomic E-state index is 0.0555. The zero-order valence-corrected chi connectivity index (χ0v) is 21.1. The van der Waals surface area contributed by atoms with E-state index >= 15 is 0 Å². The highest BCUT2D eigenvalue weighted by Gasteiger charge is 2.28. The predicted molar refractivity (Wildman–Crippen MR) is 145 cm³/mol. The summed E-state index contributed by atoms with van der Waals surface area (Å²) < 4.78 is 31.0. The molecule has 2 aromatic heterocycles. The van der Waals surface area contributed by atoms with E-state index in [0.29, 0.717) is 12.1 Å². The average Bonchev–Trinajstić information content (AvgIpc) is 3.23. The SMILES string of the molecule is C=Cc1ccc2c(c1)nc(N(CCC)CCCCc1ccncc1)n2Cc1ccccc1C(C)(F)F. The molecule has 0 aliphatic carbocycles. The van der Waals surface area contributed by atoms with Crippen LogP contribution in [0, 0.1) is 0 Å². The molecule has 0 amide bonds. The number of nitrogens with zero attached hydrogens (tertiary/aromatic N) is 4. The lowest BCUT2D eigenvalue weighted by Crippen LogP contribution is -2.29. The van der Waals surface area contributed by atoms with Crippen molar-refractivity contribution >= 4 is 23.1 Å². The van der Waals surface area contributed by atoms with Gasteiger partial charge < -0.3 is 9.47 Å². The predicted octanol–water partition coefficient (Wildman–Crippen LogP) is 7.47. The third-order valence-corrected chi connectivity index (χ3v) is 6.48. The molecule has 0 saturated carbocycles. The van der Waals surface area contributed by atoms with Crippen LogP contribution in [0.3, 0.4) is 0 Å². The Hall–Kier alpha value is -3.54. The molecule has 4 rings (SSSR count). The second kappa shape index (κ2) is 11.5. The summed E-state index contributed by atoms with van der Waals surface area (Å²) in [6, 6.07) is 16.9. The number of hydrogen-bond donors (Lipinski definition) is 0. The van der Waals surface area contributed by atoms with Crippen molar-refractivity contribution < 1.29 is 8.78 Å². The van der Waals surface area contributed by atoms with Crippen molar-refractivity contribution in [1.82, 2.24) is 14.5 Å². The van der Waals surface area contributed by atoms with E-state index in [2.05, 4.69) is 40.1 Å². The molecule has 188 valence electrons. The number of rotatable bonds is 12. The first-order chi connectivity index (χ1) is 17.4. The minimum Gasteiger partial charge on any atom is -0.342 e. The molecule has 0 spiro atoms. The maximum atomic E-state index is 14.4. The molecule has 0 atom stereocenters. The van der Waals surface area contributed by atoms with Crippen LogP contribution < -0.4 is 4.90 Å². The number of benzene rings is 2. The first-order valence-corrected chi connectivity index (χ1v) is 12.6. The fourth-order valence-electron chi connectivity index (χ4n) is 4.68. The van der Waals surface area contributed by atoms with Crippen LogP contribution in [0.5, 0.6) is 0 Å². The highest BCUT2D eigenvalue weighted by molar-refractivity contribution is 5.81. The summed E-state index contributed by atoms with van der Waals surface area (Å²) in [6.45, 7) is 9.02. The number of imidazole rings is 1. The molecule has 0 radical (unpaired) electrons. The first kappa shape index (κ1) is 25.5. The molecule has 0 aliphatic heterocycles. The van der Waals surface area contributed by atoms with Gasteiger partial charge in [-0.2, -0.15) is 0 Å². The van der Waals surface area contributed by atoms with Crippen molar-refractivity contribution in [3.05, 3.63) is 95.8 Å². The normalized spacial score (nSPS) is 11.7. The highest BCUT2D eigenvalue weighted by atomic mass is 19.3.